The Bertz CT molecular complexity index is 307. The van der Waals surface area contributed by atoms with Gasteiger partial charge in [-0.1, -0.05) is 13.0 Å². The minimum atomic E-state index is 0.407. The van der Waals surface area contributed by atoms with Crippen LogP contribution in [0.5, 0.6) is 0 Å². The van der Waals surface area contributed by atoms with E-state index >= 15 is 0 Å². The predicted octanol–water partition coefficient (Wildman–Crippen LogP) is 3.59. The molecule has 2 rings (SSSR count). The lowest BCUT2D eigenvalue weighted by molar-refractivity contribution is 0.539. The Morgan fingerprint density at radius 3 is 2.80 bits per heavy atom. The molecule has 1 fully saturated rings. The number of hydrogen-bond donors (Lipinski definition) is 0. The molecule has 1 nitrogen and oxygen atoms in total. The van der Waals surface area contributed by atoms with Gasteiger partial charge in [0.1, 0.15) is 0 Å². The Morgan fingerprint density at radius 1 is 1.40 bits per heavy atom. The highest BCUT2D eigenvalue weighted by Gasteiger charge is 2.23. The van der Waals surface area contributed by atoms with E-state index in [1.54, 1.807) is 0 Å². The van der Waals surface area contributed by atoms with E-state index in [9.17, 15) is 0 Å². The number of rotatable bonds is 3. The summed E-state index contributed by atoms with van der Waals surface area (Å²) in [6, 6.07) is 4.36. The number of alkyl halides is 1. The van der Waals surface area contributed by atoms with E-state index < -0.39 is 0 Å². The third-order valence-electron chi connectivity index (χ3n) is 3.27. The van der Waals surface area contributed by atoms with Crippen LogP contribution in [0.25, 0.3) is 0 Å². The van der Waals surface area contributed by atoms with Gasteiger partial charge in [0.2, 0.25) is 0 Å². The zero-order valence-electron chi connectivity index (χ0n) is 9.25. The van der Waals surface area contributed by atoms with Crippen LogP contribution in [0.3, 0.4) is 0 Å². The van der Waals surface area contributed by atoms with Gasteiger partial charge in [0.05, 0.1) is 0 Å². The summed E-state index contributed by atoms with van der Waals surface area (Å²) >= 11 is 6.10. The van der Waals surface area contributed by atoms with Gasteiger partial charge < -0.3 is 0 Å². The normalized spacial score (nSPS) is 25.7. The fourth-order valence-electron chi connectivity index (χ4n) is 2.28. The summed E-state index contributed by atoms with van der Waals surface area (Å²) in [6.45, 7) is 2.16. The van der Waals surface area contributed by atoms with E-state index in [4.69, 9.17) is 11.6 Å². The van der Waals surface area contributed by atoms with Gasteiger partial charge in [0.25, 0.3) is 0 Å². The van der Waals surface area contributed by atoms with Crippen LogP contribution in [0.2, 0.25) is 0 Å². The number of aryl methyl sites for hydroxylation is 1. The maximum Gasteiger partial charge on any atom is 0.0406 e. The van der Waals surface area contributed by atoms with E-state index in [0.29, 0.717) is 5.38 Å². The van der Waals surface area contributed by atoms with Crippen LogP contribution in [0, 0.1) is 5.92 Å². The second-order valence-electron chi connectivity index (χ2n) is 4.49. The van der Waals surface area contributed by atoms with Crippen molar-refractivity contribution in [3.8, 4) is 0 Å². The summed E-state index contributed by atoms with van der Waals surface area (Å²) in [4.78, 5) is 4.49. The highest BCUT2D eigenvalue weighted by molar-refractivity contribution is 6.20. The summed E-state index contributed by atoms with van der Waals surface area (Å²) in [7, 11) is 0. The first-order chi connectivity index (χ1) is 7.28. The Balaban J connectivity index is 1.93. The Morgan fingerprint density at radius 2 is 2.27 bits per heavy atom. The summed E-state index contributed by atoms with van der Waals surface area (Å²) in [6.07, 6.45) is 7.79. The molecule has 1 aliphatic rings. The van der Waals surface area contributed by atoms with Gasteiger partial charge in [-0.05, 0) is 49.7 Å². The third-order valence-corrected chi connectivity index (χ3v) is 3.67. The van der Waals surface area contributed by atoms with E-state index in [2.05, 4.69) is 24.0 Å². The fourth-order valence-corrected chi connectivity index (χ4v) is 2.66. The lowest BCUT2D eigenvalue weighted by Gasteiger charge is -2.08. The number of pyridine rings is 1. The maximum atomic E-state index is 6.10. The van der Waals surface area contributed by atoms with Gasteiger partial charge in [-0.25, -0.2) is 0 Å². The van der Waals surface area contributed by atoms with Crippen LogP contribution < -0.4 is 0 Å². The van der Waals surface area contributed by atoms with Gasteiger partial charge in [-0.2, -0.15) is 0 Å². The van der Waals surface area contributed by atoms with Gasteiger partial charge >= 0.3 is 0 Å². The monoisotopic (exact) mass is 223 g/mol. The van der Waals surface area contributed by atoms with Gasteiger partial charge in [-0.3, -0.25) is 4.98 Å². The molecule has 2 atom stereocenters. The largest absolute Gasteiger partial charge is 0.261 e. The van der Waals surface area contributed by atoms with Gasteiger partial charge in [-0.15, -0.1) is 11.6 Å². The van der Waals surface area contributed by atoms with Gasteiger partial charge in [0, 0.05) is 17.3 Å². The molecule has 1 heterocycles. The molecule has 15 heavy (non-hydrogen) atoms. The molecule has 0 bridgehead atoms. The lowest BCUT2D eigenvalue weighted by atomic mass is 10.0. The maximum absolute atomic E-state index is 6.10. The molecular weight excluding hydrogens is 206 g/mol. The quantitative estimate of drug-likeness (QED) is 0.714. The molecule has 1 aliphatic carbocycles. The number of nitrogens with zero attached hydrogens (tertiary/aromatic N) is 1. The Labute approximate surface area is 96.9 Å². The average Bonchev–Trinajstić information content (AvgIpc) is 2.65. The highest BCUT2D eigenvalue weighted by atomic mass is 35.5. The molecule has 2 heteroatoms. The molecule has 0 aromatic carbocycles. The lowest BCUT2D eigenvalue weighted by Crippen LogP contribution is -2.02. The second-order valence-corrected chi connectivity index (χ2v) is 5.11. The molecular formula is C13H18ClN. The van der Waals surface area contributed by atoms with Crippen LogP contribution in [0.1, 0.15) is 37.4 Å². The van der Waals surface area contributed by atoms with Crippen molar-refractivity contribution in [1.29, 1.82) is 0 Å². The molecule has 1 aromatic heterocycles. The second kappa shape index (κ2) is 4.98. The number of aromatic nitrogens is 1. The summed E-state index contributed by atoms with van der Waals surface area (Å²) in [5, 5.41) is 0.407. The first-order valence-corrected chi connectivity index (χ1v) is 6.29. The van der Waals surface area contributed by atoms with Crippen LogP contribution in [0.4, 0.5) is 0 Å². The molecule has 0 spiro atoms. The first-order valence-electron chi connectivity index (χ1n) is 5.85. The van der Waals surface area contributed by atoms with Crippen molar-refractivity contribution in [2.45, 2.75) is 44.4 Å². The van der Waals surface area contributed by atoms with Crippen LogP contribution in [0.15, 0.2) is 18.3 Å². The summed E-state index contributed by atoms with van der Waals surface area (Å²) < 4.78 is 0. The highest BCUT2D eigenvalue weighted by Crippen LogP contribution is 2.31. The Hall–Kier alpha value is -0.560. The minimum Gasteiger partial charge on any atom is -0.261 e. The SMILES string of the molecule is CCc1ccc(CC2CCC(Cl)C2)nc1. The van der Waals surface area contributed by atoms with E-state index in [1.165, 1.54) is 30.5 Å². The van der Waals surface area contributed by atoms with Crippen LogP contribution >= 0.6 is 11.6 Å². The van der Waals surface area contributed by atoms with Crippen LogP contribution in [-0.4, -0.2) is 10.4 Å². The van der Waals surface area contributed by atoms with Crippen LogP contribution in [-0.2, 0) is 12.8 Å². The molecule has 0 saturated heterocycles. The molecule has 0 aliphatic heterocycles. The molecule has 82 valence electrons. The third kappa shape index (κ3) is 2.94. The van der Waals surface area contributed by atoms with E-state index in [0.717, 1.165) is 18.8 Å². The molecule has 0 amide bonds. The Kier molecular flexibility index (Phi) is 3.63. The number of halogens is 1. The van der Waals surface area contributed by atoms with Crippen molar-refractivity contribution >= 4 is 11.6 Å². The summed E-state index contributed by atoms with van der Waals surface area (Å²) in [5.74, 6) is 0.757. The molecule has 2 unspecified atom stereocenters. The topological polar surface area (TPSA) is 12.9 Å². The standard InChI is InChI=1S/C13H18ClN/c1-2-10-4-6-13(15-9-10)8-11-3-5-12(14)7-11/h4,6,9,11-12H,2-3,5,7-8H2,1H3. The summed E-state index contributed by atoms with van der Waals surface area (Å²) in [5.41, 5.74) is 2.54. The number of hydrogen-bond acceptors (Lipinski definition) is 1. The first kappa shape index (κ1) is 10.9. The van der Waals surface area contributed by atoms with Crippen molar-refractivity contribution in [2.24, 2.45) is 5.92 Å². The van der Waals surface area contributed by atoms with Crippen molar-refractivity contribution < 1.29 is 0 Å². The van der Waals surface area contributed by atoms with Gasteiger partial charge in [0.15, 0.2) is 0 Å². The van der Waals surface area contributed by atoms with Crippen molar-refractivity contribution in [2.75, 3.05) is 0 Å². The smallest absolute Gasteiger partial charge is 0.0406 e. The van der Waals surface area contributed by atoms with Crippen molar-refractivity contribution in [3.63, 3.8) is 0 Å². The molecule has 0 radical (unpaired) electrons. The van der Waals surface area contributed by atoms with Crippen molar-refractivity contribution in [3.05, 3.63) is 29.6 Å². The molecule has 1 saturated carbocycles. The van der Waals surface area contributed by atoms with Crippen molar-refractivity contribution in [1.82, 2.24) is 4.98 Å². The van der Waals surface area contributed by atoms with E-state index in [-0.39, 0.29) is 0 Å². The predicted molar refractivity (Wildman–Crippen MR) is 64.3 cm³/mol. The molecule has 0 N–H and O–H groups in total. The van der Waals surface area contributed by atoms with E-state index in [1.807, 2.05) is 6.20 Å². The zero-order valence-corrected chi connectivity index (χ0v) is 10.0. The zero-order chi connectivity index (χ0) is 10.7. The minimum absolute atomic E-state index is 0.407. The average molecular weight is 224 g/mol. The fraction of sp³-hybridized carbons (Fsp3) is 0.615. The molecule has 1 aromatic rings.